The number of alkyl halides is 2. The molecule has 2 atom stereocenters. The first-order valence-electron chi connectivity index (χ1n) is 8.97. The fourth-order valence-electron chi connectivity index (χ4n) is 4.11. The SMILES string of the molecule is CCCC1=C(C2CCCCC2)C(F)C(F)(c2ccccc2)C=C1. The molecule has 0 nitrogen and oxygen atoms in total. The fraction of sp³-hybridized carbons (Fsp3) is 0.524. The van der Waals surface area contributed by atoms with Crippen LogP contribution >= 0.6 is 0 Å². The van der Waals surface area contributed by atoms with Gasteiger partial charge in [0.15, 0.2) is 11.8 Å². The van der Waals surface area contributed by atoms with Crippen molar-refractivity contribution in [1.82, 2.24) is 0 Å². The first kappa shape index (κ1) is 16.4. The molecular weight excluding hydrogens is 290 g/mol. The van der Waals surface area contributed by atoms with Crippen LogP contribution in [0.15, 0.2) is 53.6 Å². The minimum atomic E-state index is -2.02. The topological polar surface area (TPSA) is 0 Å². The molecule has 0 N–H and O–H groups in total. The van der Waals surface area contributed by atoms with Crippen molar-refractivity contribution in [2.75, 3.05) is 0 Å². The summed E-state index contributed by atoms with van der Waals surface area (Å²) in [6, 6.07) is 8.79. The van der Waals surface area contributed by atoms with Crippen LogP contribution in [0.3, 0.4) is 0 Å². The maximum absolute atomic E-state index is 15.6. The van der Waals surface area contributed by atoms with Crippen LogP contribution in [0.4, 0.5) is 8.78 Å². The van der Waals surface area contributed by atoms with Gasteiger partial charge in [0.2, 0.25) is 0 Å². The zero-order valence-corrected chi connectivity index (χ0v) is 13.9. The molecule has 0 saturated heterocycles. The van der Waals surface area contributed by atoms with Gasteiger partial charge in [0.1, 0.15) is 0 Å². The molecular formula is C21H26F2. The first-order chi connectivity index (χ1) is 11.2. The van der Waals surface area contributed by atoms with Gasteiger partial charge in [-0.3, -0.25) is 0 Å². The van der Waals surface area contributed by atoms with Crippen LogP contribution in [0.5, 0.6) is 0 Å². The van der Waals surface area contributed by atoms with Gasteiger partial charge in [-0.05, 0) is 48.0 Å². The number of benzene rings is 1. The molecule has 124 valence electrons. The molecule has 3 rings (SSSR count). The van der Waals surface area contributed by atoms with Crippen LogP contribution in [-0.4, -0.2) is 6.17 Å². The standard InChI is InChI=1S/C21H26F2/c1-2-9-16-14-15-21(23,18-12-7-4-8-13-18)20(22)19(16)17-10-5-3-6-11-17/h4,7-8,12-15,17,20H,2-3,5-6,9-11H2,1H3. The molecule has 0 spiro atoms. The largest absolute Gasteiger partial charge is 0.238 e. The van der Waals surface area contributed by atoms with E-state index in [1.807, 2.05) is 12.1 Å². The fourth-order valence-corrected chi connectivity index (χ4v) is 4.11. The van der Waals surface area contributed by atoms with Crippen LogP contribution in [0.1, 0.15) is 57.4 Å². The predicted molar refractivity (Wildman–Crippen MR) is 91.8 cm³/mol. The van der Waals surface area contributed by atoms with Crippen molar-refractivity contribution >= 4 is 0 Å². The summed E-state index contributed by atoms with van der Waals surface area (Å²) < 4.78 is 31.1. The van der Waals surface area contributed by atoms with E-state index in [9.17, 15) is 0 Å². The van der Waals surface area contributed by atoms with Crippen molar-refractivity contribution in [2.24, 2.45) is 5.92 Å². The van der Waals surface area contributed by atoms with Gasteiger partial charge in [0.05, 0.1) is 0 Å². The Morgan fingerprint density at radius 3 is 2.43 bits per heavy atom. The number of halogens is 2. The van der Waals surface area contributed by atoms with Gasteiger partial charge >= 0.3 is 0 Å². The Morgan fingerprint density at radius 2 is 1.78 bits per heavy atom. The van der Waals surface area contributed by atoms with Crippen molar-refractivity contribution in [3.63, 3.8) is 0 Å². The third-order valence-corrected chi connectivity index (χ3v) is 5.32. The second kappa shape index (κ2) is 6.98. The molecule has 2 aliphatic carbocycles. The van der Waals surface area contributed by atoms with Crippen molar-refractivity contribution in [1.29, 1.82) is 0 Å². The van der Waals surface area contributed by atoms with Gasteiger partial charge in [-0.25, -0.2) is 8.78 Å². The summed E-state index contributed by atoms with van der Waals surface area (Å²) in [5, 5.41) is 0. The molecule has 1 fully saturated rings. The van der Waals surface area contributed by atoms with Gasteiger partial charge in [0, 0.05) is 0 Å². The summed E-state index contributed by atoms with van der Waals surface area (Å²) in [5.74, 6) is 0.212. The Balaban J connectivity index is 1.99. The zero-order valence-electron chi connectivity index (χ0n) is 13.9. The van der Waals surface area contributed by atoms with E-state index >= 15 is 8.78 Å². The lowest BCUT2D eigenvalue weighted by Crippen LogP contribution is -2.37. The van der Waals surface area contributed by atoms with Crippen molar-refractivity contribution in [3.05, 3.63) is 59.2 Å². The molecule has 1 aromatic rings. The monoisotopic (exact) mass is 316 g/mol. The number of allylic oxidation sites excluding steroid dienone is 4. The Kier molecular flexibility index (Phi) is 4.99. The molecule has 0 aliphatic heterocycles. The summed E-state index contributed by atoms with van der Waals surface area (Å²) in [4.78, 5) is 0. The van der Waals surface area contributed by atoms with Gasteiger partial charge in [-0.1, -0.05) is 69.0 Å². The minimum absolute atomic E-state index is 0.212. The molecule has 1 saturated carbocycles. The summed E-state index contributed by atoms with van der Waals surface area (Å²) in [6.07, 6.45) is 9.05. The molecule has 0 amide bonds. The third kappa shape index (κ3) is 3.13. The maximum atomic E-state index is 15.6. The maximum Gasteiger partial charge on any atom is 0.189 e. The van der Waals surface area contributed by atoms with E-state index in [0.717, 1.165) is 49.7 Å². The molecule has 2 heteroatoms. The first-order valence-corrected chi connectivity index (χ1v) is 8.97. The highest BCUT2D eigenvalue weighted by Gasteiger charge is 2.46. The van der Waals surface area contributed by atoms with Crippen LogP contribution in [0.2, 0.25) is 0 Å². The van der Waals surface area contributed by atoms with Crippen LogP contribution in [0.25, 0.3) is 0 Å². The van der Waals surface area contributed by atoms with Crippen LogP contribution in [-0.2, 0) is 5.67 Å². The number of hydrogen-bond acceptors (Lipinski definition) is 0. The van der Waals surface area contributed by atoms with E-state index in [2.05, 4.69) is 6.92 Å². The quantitative estimate of drug-likeness (QED) is 0.600. The number of hydrogen-bond donors (Lipinski definition) is 0. The average Bonchev–Trinajstić information content (AvgIpc) is 2.60. The van der Waals surface area contributed by atoms with Crippen LogP contribution in [0, 0.1) is 5.92 Å². The smallest absolute Gasteiger partial charge is 0.189 e. The van der Waals surface area contributed by atoms with E-state index < -0.39 is 11.8 Å². The van der Waals surface area contributed by atoms with Crippen LogP contribution < -0.4 is 0 Å². The molecule has 23 heavy (non-hydrogen) atoms. The van der Waals surface area contributed by atoms with Crippen molar-refractivity contribution < 1.29 is 8.78 Å². The lowest BCUT2D eigenvalue weighted by molar-refractivity contribution is 0.103. The minimum Gasteiger partial charge on any atom is -0.238 e. The predicted octanol–water partition coefficient (Wildman–Crippen LogP) is 6.44. The third-order valence-electron chi connectivity index (χ3n) is 5.32. The molecule has 2 aliphatic rings. The van der Waals surface area contributed by atoms with E-state index in [-0.39, 0.29) is 5.92 Å². The summed E-state index contributed by atoms with van der Waals surface area (Å²) in [7, 11) is 0. The Labute approximate surface area is 138 Å². The van der Waals surface area contributed by atoms with E-state index in [0.29, 0.717) is 5.56 Å². The normalized spacial score (nSPS) is 29.1. The lowest BCUT2D eigenvalue weighted by atomic mass is 9.72. The molecule has 0 aromatic heterocycles. The zero-order chi connectivity index (χ0) is 16.3. The van der Waals surface area contributed by atoms with Gasteiger partial charge in [0.25, 0.3) is 0 Å². The molecule has 0 radical (unpaired) electrons. The molecule has 0 heterocycles. The lowest BCUT2D eigenvalue weighted by Gasteiger charge is -2.37. The second-order valence-corrected chi connectivity index (χ2v) is 6.90. The summed E-state index contributed by atoms with van der Waals surface area (Å²) >= 11 is 0. The van der Waals surface area contributed by atoms with Crippen molar-refractivity contribution in [3.8, 4) is 0 Å². The van der Waals surface area contributed by atoms with Gasteiger partial charge in [-0.15, -0.1) is 0 Å². The highest BCUT2D eigenvalue weighted by molar-refractivity contribution is 5.44. The number of rotatable bonds is 4. The Morgan fingerprint density at radius 1 is 1.09 bits per heavy atom. The highest BCUT2D eigenvalue weighted by atomic mass is 19.2. The highest BCUT2D eigenvalue weighted by Crippen LogP contribution is 2.47. The molecule has 0 bridgehead atoms. The van der Waals surface area contributed by atoms with Gasteiger partial charge in [-0.2, -0.15) is 0 Å². The molecule has 1 aromatic carbocycles. The van der Waals surface area contributed by atoms with E-state index in [1.54, 1.807) is 24.3 Å². The second-order valence-electron chi connectivity index (χ2n) is 6.90. The summed E-state index contributed by atoms with van der Waals surface area (Å²) in [6.45, 7) is 2.10. The van der Waals surface area contributed by atoms with Crippen molar-refractivity contribution in [2.45, 2.75) is 63.7 Å². The van der Waals surface area contributed by atoms with E-state index in [1.165, 1.54) is 12.5 Å². The molecule has 2 unspecified atom stereocenters. The summed E-state index contributed by atoms with van der Waals surface area (Å²) in [5.41, 5.74) is 0.190. The Hall–Kier alpha value is -1.44. The average molecular weight is 316 g/mol. The Bertz CT molecular complexity index is 581. The van der Waals surface area contributed by atoms with Gasteiger partial charge < -0.3 is 0 Å². The van der Waals surface area contributed by atoms with E-state index in [4.69, 9.17) is 0 Å².